The zero-order chi connectivity index (χ0) is 10.8. The Morgan fingerprint density at radius 2 is 2.13 bits per heavy atom. The lowest BCUT2D eigenvalue weighted by Gasteiger charge is -2.01. The standard InChI is InChI=1S/C10H6BrN3O/c11-9-6-14(10(15)13-9)8-4-2-1-3-7(8)5-12/h1-4,6H,(H,13,15). The van der Waals surface area contributed by atoms with Crippen LogP contribution in [0, 0.1) is 11.3 Å². The van der Waals surface area contributed by atoms with Crippen LogP contribution in [-0.4, -0.2) is 9.55 Å². The van der Waals surface area contributed by atoms with Crippen LogP contribution in [0.25, 0.3) is 5.69 Å². The molecule has 0 unspecified atom stereocenters. The maximum atomic E-state index is 11.5. The molecular weight excluding hydrogens is 258 g/mol. The molecule has 0 aliphatic rings. The van der Waals surface area contributed by atoms with Crippen LogP contribution in [0.2, 0.25) is 0 Å². The number of halogens is 1. The van der Waals surface area contributed by atoms with Crippen LogP contribution in [0.1, 0.15) is 5.56 Å². The van der Waals surface area contributed by atoms with E-state index in [0.717, 1.165) is 0 Å². The van der Waals surface area contributed by atoms with Gasteiger partial charge in [0.25, 0.3) is 0 Å². The molecule has 0 amide bonds. The summed E-state index contributed by atoms with van der Waals surface area (Å²) in [4.78, 5) is 14.0. The Kier molecular flexibility index (Phi) is 2.44. The average molecular weight is 264 g/mol. The number of hydrogen-bond acceptors (Lipinski definition) is 2. The molecule has 2 rings (SSSR count). The van der Waals surface area contributed by atoms with E-state index < -0.39 is 0 Å². The third-order valence-electron chi connectivity index (χ3n) is 1.97. The van der Waals surface area contributed by atoms with Crippen molar-refractivity contribution in [3.05, 3.63) is 51.1 Å². The number of nitrogens with zero attached hydrogens (tertiary/aromatic N) is 2. The van der Waals surface area contributed by atoms with Crippen molar-refractivity contribution in [2.24, 2.45) is 0 Å². The molecule has 1 aromatic heterocycles. The van der Waals surface area contributed by atoms with Gasteiger partial charge in [-0.25, -0.2) is 4.79 Å². The fourth-order valence-corrected chi connectivity index (χ4v) is 1.70. The fraction of sp³-hybridized carbons (Fsp3) is 0. The molecule has 74 valence electrons. The van der Waals surface area contributed by atoms with Gasteiger partial charge >= 0.3 is 5.69 Å². The number of rotatable bonds is 1. The molecule has 0 bridgehead atoms. The Hall–Kier alpha value is -1.80. The minimum Gasteiger partial charge on any atom is -0.300 e. The molecule has 0 aliphatic heterocycles. The largest absolute Gasteiger partial charge is 0.331 e. The third kappa shape index (κ3) is 1.72. The van der Waals surface area contributed by atoms with Gasteiger partial charge in [0, 0.05) is 6.20 Å². The van der Waals surface area contributed by atoms with Gasteiger partial charge in [-0.05, 0) is 28.1 Å². The molecule has 0 radical (unpaired) electrons. The van der Waals surface area contributed by atoms with Crippen LogP contribution in [0.4, 0.5) is 0 Å². The summed E-state index contributed by atoms with van der Waals surface area (Å²) in [6, 6.07) is 8.97. The number of benzene rings is 1. The Labute approximate surface area is 93.9 Å². The van der Waals surface area contributed by atoms with Gasteiger partial charge in [-0.15, -0.1) is 0 Å². The molecule has 0 atom stereocenters. The zero-order valence-corrected chi connectivity index (χ0v) is 9.15. The molecule has 5 heteroatoms. The van der Waals surface area contributed by atoms with Gasteiger partial charge in [0.15, 0.2) is 0 Å². The topological polar surface area (TPSA) is 61.6 Å². The van der Waals surface area contributed by atoms with Crippen molar-refractivity contribution in [1.82, 2.24) is 9.55 Å². The quantitative estimate of drug-likeness (QED) is 0.853. The molecule has 0 aliphatic carbocycles. The van der Waals surface area contributed by atoms with Gasteiger partial charge in [0.1, 0.15) is 10.7 Å². The number of aromatic amines is 1. The summed E-state index contributed by atoms with van der Waals surface area (Å²) in [6.07, 6.45) is 1.60. The van der Waals surface area contributed by atoms with Gasteiger partial charge in [-0.3, -0.25) is 9.55 Å². The summed E-state index contributed by atoms with van der Waals surface area (Å²) >= 11 is 3.17. The fourth-order valence-electron chi connectivity index (χ4n) is 1.32. The van der Waals surface area contributed by atoms with Crippen molar-refractivity contribution in [1.29, 1.82) is 5.26 Å². The second-order valence-corrected chi connectivity index (χ2v) is 3.76. The summed E-state index contributed by atoms with van der Waals surface area (Å²) in [7, 11) is 0. The molecule has 0 saturated carbocycles. The van der Waals surface area contributed by atoms with Crippen molar-refractivity contribution in [3.8, 4) is 11.8 Å². The minimum atomic E-state index is -0.274. The number of imidazole rings is 1. The highest BCUT2D eigenvalue weighted by Crippen LogP contribution is 2.13. The van der Waals surface area contributed by atoms with Crippen molar-refractivity contribution in [3.63, 3.8) is 0 Å². The maximum Gasteiger partial charge on any atom is 0.331 e. The Morgan fingerprint density at radius 1 is 1.40 bits per heavy atom. The van der Waals surface area contributed by atoms with E-state index in [1.54, 1.807) is 30.5 Å². The van der Waals surface area contributed by atoms with Crippen LogP contribution >= 0.6 is 15.9 Å². The van der Waals surface area contributed by atoms with Crippen LogP contribution in [0.15, 0.2) is 39.9 Å². The first-order chi connectivity index (χ1) is 7.22. The first kappa shape index (κ1) is 9.74. The monoisotopic (exact) mass is 263 g/mol. The number of H-pyrrole nitrogens is 1. The molecule has 0 fully saturated rings. The van der Waals surface area contributed by atoms with E-state index in [2.05, 4.69) is 20.9 Å². The second-order valence-electron chi connectivity index (χ2n) is 2.91. The smallest absolute Gasteiger partial charge is 0.300 e. The molecule has 0 spiro atoms. The van der Waals surface area contributed by atoms with Gasteiger partial charge in [0.05, 0.1) is 11.3 Å². The minimum absolute atomic E-state index is 0.274. The van der Waals surface area contributed by atoms with E-state index in [1.165, 1.54) is 4.57 Å². The number of nitriles is 1. The van der Waals surface area contributed by atoms with Crippen molar-refractivity contribution in [2.75, 3.05) is 0 Å². The van der Waals surface area contributed by atoms with Crippen molar-refractivity contribution >= 4 is 15.9 Å². The molecule has 1 heterocycles. The second kappa shape index (κ2) is 3.75. The highest BCUT2D eigenvalue weighted by molar-refractivity contribution is 9.10. The van der Waals surface area contributed by atoms with Crippen LogP contribution in [-0.2, 0) is 0 Å². The van der Waals surface area contributed by atoms with Crippen LogP contribution in [0.5, 0.6) is 0 Å². The van der Waals surface area contributed by atoms with Gasteiger partial charge in [-0.1, -0.05) is 12.1 Å². The van der Waals surface area contributed by atoms with E-state index in [0.29, 0.717) is 15.9 Å². The Balaban J connectivity index is 2.70. The summed E-state index contributed by atoms with van der Waals surface area (Å²) in [5.41, 5.74) is 0.766. The highest BCUT2D eigenvalue weighted by Gasteiger charge is 2.06. The average Bonchev–Trinajstić information content (AvgIpc) is 2.57. The summed E-state index contributed by atoms with van der Waals surface area (Å²) < 4.78 is 1.98. The van der Waals surface area contributed by atoms with Crippen molar-refractivity contribution in [2.45, 2.75) is 0 Å². The van der Waals surface area contributed by atoms with E-state index in [-0.39, 0.29) is 5.69 Å². The lowest BCUT2D eigenvalue weighted by Crippen LogP contribution is -2.14. The molecule has 0 saturated heterocycles. The lowest BCUT2D eigenvalue weighted by atomic mass is 10.2. The number of para-hydroxylation sites is 1. The molecule has 15 heavy (non-hydrogen) atoms. The number of hydrogen-bond donors (Lipinski definition) is 1. The van der Waals surface area contributed by atoms with E-state index in [1.807, 2.05) is 6.07 Å². The summed E-state index contributed by atoms with van der Waals surface area (Å²) in [5.74, 6) is 0. The van der Waals surface area contributed by atoms with Gasteiger partial charge in [-0.2, -0.15) is 5.26 Å². The normalized spacial score (nSPS) is 9.87. The first-order valence-corrected chi connectivity index (χ1v) is 4.98. The lowest BCUT2D eigenvalue weighted by molar-refractivity contribution is 0.982. The third-order valence-corrected chi connectivity index (χ3v) is 2.37. The molecule has 1 N–H and O–H groups in total. The van der Waals surface area contributed by atoms with Gasteiger partial charge < -0.3 is 0 Å². The number of aromatic nitrogens is 2. The predicted molar refractivity (Wildman–Crippen MR) is 58.8 cm³/mol. The maximum absolute atomic E-state index is 11.5. The van der Waals surface area contributed by atoms with E-state index in [4.69, 9.17) is 5.26 Å². The Morgan fingerprint density at radius 3 is 2.73 bits per heavy atom. The van der Waals surface area contributed by atoms with Crippen LogP contribution in [0.3, 0.4) is 0 Å². The highest BCUT2D eigenvalue weighted by atomic mass is 79.9. The molecule has 1 aromatic carbocycles. The van der Waals surface area contributed by atoms with Gasteiger partial charge in [0.2, 0.25) is 0 Å². The van der Waals surface area contributed by atoms with E-state index in [9.17, 15) is 4.79 Å². The van der Waals surface area contributed by atoms with E-state index >= 15 is 0 Å². The molecule has 2 aromatic rings. The molecule has 4 nitrogen and oxygen atoms in total. The van der Waals surface area contributed by atoms with Crippen LogP contribution < -0.4 is 5.69 Å². The SMILES string of the molecule is N#Cc1ccccc1-n1cc(Br)[nH]c1=O. The molecular formula is C10H6BrN3O. The number of nitrogens with one attached hydrogen (secondary N) is 1. The Bertz CT molecular complexity index is 591. The zero-order valence-electron chi connectivity index (χ0n) is 7.57. The summed E-state index contributed by atoms with van der Waals surface area (Å²) in [6.45, 7) is 0. The first-order valence-electron chi connectivity index (χ1n) is 4.19. The summed E-state index contributed by atoms with van der Waals surface area (Å²) in [5, 5.41) is 8.89. The predicted octanol–water partition coefficient (Wildman–Crippen LogP) is 1.80. The van der Waals surface area contributed by atoms with Crippen molar-refractivity contribution < 1.29 is 0 Å².